The minimum atomic E-state index is -0.578. The molecule has 0 aliphatic carbocycles. The van der Waals surface area contributed by atoms with Crippen molar-refractivity contribution in [3.8, 4) is 0 Å². The Labute approximate surface area is 395 Å². The molecule has 0 saturated carbocycles. The number of hydrogen-bond acceptors (Lipinski definition) is 5. The summed E-state index contributed by atoms with van der Waals surface area (Å²) in [5, 5.41) is 0. The van der Waals surface area contributed by atoms with Crippen molar-refractivity contribution >= 4 is 11.9 Å². The van der Waals surface area contributed by atoms with E-state index in [1.54, 1.807) is 0 Å². The molecule has 0 aromatic rings. The van der Waals surface area contributed by atoms with Crippen LogP contribution in [0.3, 0.4) is 0 Å². The molecule has 362 valence electrons. The maximum absolute atomic E-state index is 12.8. The van der Waals surface area contributed by atoms with Crippen LogP contribution in [0.25, 0.3) is 0 Å². The van der Waals surface area contributed by atoms with Gasteiger partial charge in [0.05, 0.1) is 6.61 Å². The van der Waals surface area contributed by atoms with Crippen LogP contribution in [0.2, 0.25) is 0 Å². The Morgan fingerprint density at radius 1 is 0.359 bits per heavy atom. The summed E-state index contributed by atoms with van der Waals surface area (Å²) >= 11 is 0. The SMILES string of the molecule is CC/C=C\C/C=C\C/C=C\C/C=C\CCCCCCCCC(=O)OCC(COCCCCCCCC/C=C\C/C=C\CCC)OC(=O)CCCC/C=C\C/C=C\C/C=C\C/C=C\CC. The summed E-state index contributed by atoms with van der Waals surface area (Å²) in [5.41, 5.74) is 0. The third kappa shape index (κ3) is 50.9. The van der Waals surface area contributed by atoms with Crippen LogP contribution in [0.15, 0.2) is 122 Å². The van der Waals surface area contributed by atoms with E-state index in [0.29, 0.717) is 19.4 Å². The second-order valence-corrected chi connectivity index (χ2v) is 16.7. The lowest BCUT2D eigenvalue weighted by Crippen LogP contribution is -2.30. The van der Waals surface area contributed by atoms with Crippen molar-refractivity contribution in [2.45, 2.75) is 219 Å². The van der Waals surface area contributed by atoms with E-state index in [1.165, 1.54) is 57.8 Å². The van der Waals surface area contributed by atoms with Crippen molar-refractivity contribution in [2.24, 2.45) is 0 Å². The Morgan fingerprint density at radius 2 is 0.703 bits per heavy atom. The van der Waals surface area contributed by atoms with Gasteiger partial charge in [-0.05, 0) is 122 Å². The number of hydrogen-bond donors (Lipinski definition) is 0. The molecule has 0 radical (unpaired) electrons. The first-order valence-corrected chi connectivity index (χ1v) is 26.1. The van der Waals surface area contributed by atoms with Gasteiger partial charge >= 0.3 is 11.9 Å². The first-order chi connectivity index (χ1) is 31.6. The molecule has 0 bridgehead atoms. The van der Waals surface area contributed by atoms with Crippen molar-refractivity contribution in [3.63, 3.8) is 0 Å². The van der Waals surface area contributed by atoms with Crippen molar-refractivity contribution in [1.29, 1.82) is 0 Å². The van der Waals surface area contributed by atoms with E-state index in [1.807, 2.05) is 0 Å². The Balaban J connectivity index is 4.39. The minimum absolute atomic E-state index is 0.0489. The first kappa shape index (κ1) is 60.3. The zero-order valence-corrected chi connectivity index (χ0v) is 41.5. The molecule has 5 nitrogen and oxygen atoms in total. The summed E-state index contributed by atoms with van der Waals surface area (Å²) in [5.74, 6) is -0.475. The standard InChI is InChI=1S/C59H96O5/c1-4-7-10-13-16-19-22-25-28-29-30-31-33-34-37-40-43-46-49-52-58(60)63-56-57(55-62-54-51-48-45-42-39-36-27-24-21-18-15-12-9-6-3)64-59(61)53-50-47-44-41-38-35-32-26-23-20-17-14-11-8-5-2/h7-8,10-12,15-17,19-21,24-26,28,30-32,38,41,57H,4-6,9,13-14,18,22-23,27,29,33-37,39-40,42-56H2,1-3H3/b10-7-,11-8-,15-12-,19-16-,20-17-,24-21-,28-25-,31-30-,32-26-,41-38-. The van der Waals surface area contributed by atoms with E-state index in [4.69, 9.17) is 14.2 Å². The molecule has 0 amide bonds. The third-order valence-electron chi connectivity index (χ3n) is 10.4. The van der Waals surface area contributed by atoms with Gasteiger partial charge in [0.1, 0.15) is 6.61 Å². The largest absolute Gasteiger partial charge is 0.462 e. The molecule has 1 atom stereocenters. The molecule has 0 fully saturated rings. The highest BCUT2D eigenvalue weighted by atomic mass is 16.6. The highest BCUT2D eigenvalue weighted by Crippen LogP contribution is 2.12. The molecule has 0 aromatic carbocycles. The predicted octanol–water partition coefficient (Wildman–Crippen LogP) is 17.8. The predicted molar refractivity (Wildman–Crippen MR) is 279 cm³/mol. The highest BCUT2D eigenvalue weighted by Gasteiger charge is 2.17. The van der Waals surface area contributed by atoms with Crippen LogP contribution in [0.1, 0.15) is 213 Å². The van der Waals surface area contributed by atoms with Gasteiger partial charge in [-0.25, -0.2) is 0 Å². The first-order valence-electron chi connectivity index (χ1n) is 26.1. The van der Waals surface area contributed by atoms with Crippen LogP contribution < -0.4 is 0 Å². The zero-order chi connectivity index (χ0) is 46.3. The fourth-order valence-electron chi connectivity index (χ4n) is 6.65. The van der Waals surface area contributed by atoms with E-state index < -0.39 is 6.10 Å². The maximum Gasteiger partial charge on any atom is 0.306 e. The number of rotatable bonds is 46. The normalized spacial score (nSPS) is 13.2. The molecule has 0 saturated heterocycles. The number of carbonyl (C=O) groups excluding carboxylic acids is 2. The summed E-state index contributed by atoms with van der Waals surface area (Å²) in [6.45, 7) is 7.44. The van der Waals surface area contributed by atoms with Gasteiger partial charge in [0.2, 0.25) is 0 Å². The molecule has 0 rings (SSSR count). The number of ether oxygens (including phenoxy) is 3. The molecule has 0 N–H and O–H groups in total. The average molecular weight is 885 g/mol. The van der Waals surface area contributed by atoms with Gasteiger partial charge in [0, 0.05) is 19.4 Å². The number of carbonyl (C=O) groups is 2. The topological polar surface area (TPSA) is 61.8 Å². The van der Waals surface area contributed by atoms with Gasteiger partial charge in [-0.3, -0.25) is 9.59 Å². The van der Waals surface area contributed by atoms with Crippen LogP contribution >= 0.6 is 0 Å². The van der Waals surface area contributed by atoms with Crippen LogP contribution in [0.4, 0.5) is 0 Å². The summed E-state index contributed by atoms with van der Waals surface area (Å²) in [6.07, 6.45) is 74.9. The van der Waals surface area contributed by atoms with Gasteiger partial charge < -0.3 is 14.2 Å². The van der Waals surface area contributed by atoms with Crippen LogP contribution in [-0.2, 0) is 23.8 Å². The number of esters is 2. The smallest absolute Gasteiger partial charge is 0.306 e. The molecule has 1 unspecified atom stereocenters. The lowest BCUT2D eigenvalue weighted by molar-refractivity contribution is -0.163. The quantitative estimate of drug-likeness (QED) is 0.0346. The fraction of sp³-hybridized carbons (Fsp3) is 0.627. The third-order valence-corrected chi connectivity index (χ3v) is 10.4. The van der Waals surface area contributed by atoms with Crippen molar-refractivity contribution in [2.75, 3.05) is 19.8 Å². The summed E-state index contributed by atoms with van der Waals surface area (Å²) in [6, 6.07) is 0. The van der Waals surface area contributed by atoms with Gasteiger partial charge in [0.15, 0.2) is 6.10 Å². The van der Waals surface area contributed by atoms with Crippen molar-refractivity contribution < 1.29 is 23.8 Å². The van der Waals surface area contributed by atoms with Gasteiger partial charge in [-0.1, -0.05) is 200 Å². The molecular weight excluding hydrogens is 789 g/mol. The second-order valence-electron chi connectivity index (χ2n) is 16.7. The maximum atomic E-state index is 12.8. The zero-order valence-electron chi connectivity index (χ0n) is 41.5. The summed E-state index contributed by atoms with van der Waals surface area (Å²) in [4.78, 5) is 25.4. The van der Waals surface area contributed by atoms with E-state index in [-0.39, 0.29) is 25.2 Å². The monoisotopic (exact) mass is 885 g/mol. The number of unbranched alkanes of at least 4 members (excludes halogenated alkanes) is 15. The summed E-state index contributed by atoms with van der Waals surface area (Å²) in [7, 11) is 0. The van der Waals surface area contributed by atoms with E-state index in [0.717, 1.165) is 122 Å². The van der Waals surface area contributed by atoms with E-state index in [9.17, 15) is 9.59 Å². The average Bonchev–Trinajstić information content (AvgIpc) is 3.30. The molecule has 0 spiro atoms. The lowest BCUT2D eigenvalue weighted by atomic mass is 10.1. The van der Waals surface area contributed by atoms with Gasteiger partial charge in [-0.2, -0.15) is 0 Å². The second kappa shape index (κ2) is 53.6. The summed E-state index contributed by atoms with van der Waals surface area (Å²) < 4.78 is 17.4. The molecular formula is C59H96O5. The Morgan fingerprint density at radius 3 is 1.16 bits per heavy atom. The molecule has 0 heterocycles. The highest BCUT2D eigenvalue weighted by molar-refractivity contribution is 5.70. The van der Waals surface area contributed by atoms with Crippen molar-refractivity contribution in [3.05, 3.63) is 122 Å². The number of allylic oxidation sites excluding steroid dienone is 20. The minimum Gasteiger partial charge on any atom is -0.462 e. The van der Waals surface area contributed by atoms with Crippen LogP contribution in [-0.4, -0.2) is 37.9 Å². The Bertz CT molecular complexity index is 1320. The van der Waals surface area contributed by atoms with Gasteiger partial charge in [0.25, 0.3) is 0 Å². The lowest BCUT2D eigenvalue weighted by Gasteiger charge is -2.18. The molecule has 0 aliphatic rings. The van der Waals surface area contributed by atoms with Crippen LogP contribution in [0.5, 0.6) is 0 Å². The molecule has 64 heavy (non-hydrogen) atoms. The molecule has 5 heteroatoms. The van der Waals surface area contributed by atoms with Crippen LogP contribution in [0, 0.1) is 0 Å². The Hall–Kier alpha value is -3.70. The molecule has 0 aromatic heterocycles. The van der Waals surface area contributed by atoms with E-state index >= 15 is 0 Å². The fourth-order valence-corrected chi connectivity index (χ4v) is 6.65. The Kier molecular flexibility index (Phi) is 50.5. The van der Waals surface area contributed by atoms with Crippen molar-refractivity contribution in [1.82, 2.24) is 0 Å². The molecule has 0 aliphatic heterocycles. The van der Waals surface area contributed by atoms with Gasteiger partial charge in [-0.15, -0.1) is 0 Å². The van der Waals surface area contributed by atoms with E-state index in [2.05, 4.69) is 142 Å².